The molecule has 0 aliphatic heterocycles. The number of carbonyl (C=O) groups is 3. The third kappa shape index (κ3) is 3.86. The molecule has 4 aliphatic rings. The number of rotatable bonds is 8. The van der Waals surface area contributed by atoms with Crippen molar-refractivity contribution in [2.75, 3.05) is 6.61 Å². The van der Waals surface area contributed by atoms with Crippen molar-refractivity contribution in [3.05, 3.63) is 35.5 Å². The Morgan fingerprint density at radius 2 is 1.87 bits per heavy atom. The Morgan fingerprint density at radius 3 is 2.47 bits per heavy atom. The molecule has 8 heteroatoms. The first-order valence-corrected chi connectivity index (χ1v) is 13.8. The summed E-state index contributed by atoms with van der Waals surface area (Å²) < 4.78 is 12.3. The molecule has 0 saturated heterocycles. The Morgan fingerprint density at radius 1 is 1.18 bits per heavy atom. The van der Waals surface area contributed by atoms with Gasteiger partial charge in [0.05, 0.1) is 12.2 Å². The van der Waals surface area contributed by atoms with Crippen LogP contribution in [0.4, 0.5) is 0 Å². The predicted octanol–water partition coefficient (Wildman–Crippen LogP) is 3.19. The van der Waals surface area contributed by atoms with Crippen molar-refractivity contribution in [3.8, 4) is 0 Å². The molecule has 0 heterocycles. The summed E-state index contributed by atoms with van der Waals surface area (Å²) in [4.78, 5) is 39.2. The summed E-state index contributed by atoms with van der Waals surface area (Å²) in [5.74, 6) is -4.48. The number of unbranched alkanes of at least 4 members (excludes halogenated alkanes) is 1. The van der Waals surface area contributed by atoms with E-state index in [9.17, 15) is 29.7 Å². The lowest BCUT2D eigenvalue weighted by molar-refractivity contribution is -0.227. The van der Waals surface area contributed by atoms with Crippen LogP contribution in [0.5, 0.6) is 0 Å². The summed E-state index contributed by atoms with van der Waals surface area (Å²) in [5.41, 5.74) is -4.81. The van der Waals surface area contributed by atoms with E-state index in [-0.39, 0.29) is 19.4 Å². The van der Waals surface area contributed by atoms with E-state index in [1.807, 2.05) is 27.7 Å². The average Bonchev–Trinajstić information content (AvgIpc) is 3.29. The van der Waals surface area contributed by atoms with Crippen molar-refractivity contribution in [2.45, 2.75) is 96.6 Å². The van der Waals surface area contributed by atoms with Crippen LogP contribution in [0.25, 0.3) is 0 Å². The van der Waals surface area contributed by atoms with E-state index in [1.54, 1.807) is 32.1 Å². The van der Waals surface area contributed by atoms with E-state index in [4.69, 9.17) is 9.47 Å². The van der Waals surface area contributed by atoms with Crippen LogP contribution in [-0.4, -0.2) is 62.6 Å². The summed E-state index contributed by atoms with van der Waals surface area (Å²) in [5, 5.41) is 34.6. The van der Waals surface area contributed by atoms with Crippen LogP contribution in [0.1, 0.15) is 73.6 Å². The first-order valence-electron chi connectivity index (χ1n) is 13.8. The van der Waals surface area contributed by atoms with Crippen molar-refractivity contribution in [3.63, 3.8) is 0 Å². The molecule has 2 fully saturated rings. The van der Waals surface area contributed by atoms with E-state index in [0.717, 1.165) is 6.42 Å². The van der Waals surface area contributed by atoms with Crippen LogP contribution >= 0.6 is 0 Å². The maximum absolute atomic E-state index is 13.2. The number of ether oxygens (including phenoxy) is 2. The van der Waals surface area contributed by atoms with Gasteiger partial charge in [0.25, 0.3) is 0 Å². The minimum Gasteiger partial charge on any atom is -0.455 e. The molecule has 0 spiro atoms. The molecule has 4 aliphatic carbocycles. The monoisotopic (exact) mass is 530 g/mol. The summed E-state index contributed by atoms with van der Waals surface area (Å²) in [6.07, 6.45) is 7.55. The lowest BCUT2D eigenvalue weighted by atomic mass is 9.59. The molecule has 0 aromatic rings. The van der Waals surface area contributed by atoms with Gasteiger partial charge in [-0.2, -0.15) is 0 Å². The second-order valence-electron chi connectivity index (χ2n) is 12.2. The van der Waals surface area contributed by atoms with Gasteiger partial charge in [0.15, 0.2) is 11.4 Å². The van der Waals surface area contributed by atoms with Gasteiger partial charge in [0, 0.05) is 48.0 Å². The fraction of sp³-hybridized carbons (Fsp3) is 0.700. The lowest BCUT2D eigenvalue weighted by Gasteiger charge is -2.53. The third-order valence-corrected chi connectivity index (χ3v) is 9.71. The molecule has 3 N–H and O–H groups in total. The molecule has 38 heavy (non-hydrogen) atoms. The minimum atomic E-state index is -1.94. The Hall–Kier alpha value is -2.29. The summed E-state index contributed by atoms with van der Waals surface area (Å²) in [7, 11) is 0. The number of allylic oxidation sites excluding steroid dienone is 1. The Labute approximate surface area is 224 Å². The highest BCUT2D eigenvalue weighted by atomic mass is 16.6. The van der Waals surface area contributed by atoms with Crippen LogP contribution in [0.2, 0.25) is 0 Å². The summed E-state index contributed by atoms with van der Waals surface area (Å²) in [6, 6.07) is 0. The van der Waals surface area contributed by atoms with Crippen molar-refractivity contribution in [1.82, 2.24) is 0 Å². The van der Waals surface area contributed by atoms with Crippen LogP contribution in [0.15, 0.2) is 35.5 Å². The topological polar surface area (TPSA) is 130 Å². The predicted molar refractivity (Wildman–Crippen MR) is 140 cm³/mol. The second-order valence-corrected chi connectivity index (χ2v) is 12.2. The lowest BCUT2D eigenvalue weighted by Crippen LogP contribution is -2.66. The molecule has 8 nitrogen and oxygen atoms in total. The largest absolute Gasteiger partial charge is 0.455 e. The van der Waals surface area contributed by atoms with E-state index >= 15 is 0 Å². The molecule has 2 saturated carbocycles. The van der Waals surface area contributed by atoms with Crippen LogP contribution in [0.3, 0.4) is 0 Å². The first kappa shape index (κ1) is 28.7. The number of hydrogen-bond acceptors (Lipinski definition) is 8. The first-order chi connectivity index (χ1) is 17.8. The van der Waals surface area contributed by atoms with Gasteiger partial charge in [0.2, 0.25) is 0 Å². The highest BCUT2D eigenvalue weighted by Crippen LogP contribution is 2.77. The number of ketones is 1. The Balaban J connectivity index is 1.90. The summed E-state index contributed by atoms with van der Waals surface area (Å²) >= 11 is 0. The molecular formula is C30H42O8. The molecule has 0 amide bonds. The fourth-order valence-electron chi connectivity index (χ4n) is 7.76. The number of hydrogen-bond donors (Lipinski definition) is 3. The summed E-state index contributed by atoms with van der Waals surface area (Å²) in [6.45, 7) is 10.7. The maximum Gasteiger partial charge on any atom is 0.330 e. The molecule has 0 bridgehead atoms. The van der Waals surface area contributed by atoms with Crippen LogP contribution < -0.4 is 0 Å². The molecule has 0 aromatic heterocycles. The fourth-order valence-corrected chi connectivity index (χ4v) is 7.76. The Bertz CT molecular complexity index is 1100. The van der Waals surface area contributed by atoms with Crippen LogP contribution in [0, 0.1) is 29.1 Å². The number of fused-ring (bicyclic) bond motifs is 5. The van der Waals surface area contributed by atoms with Gasteiger partial charge in [-0.3, -0.25) is 9.59 Å². The number of aliphatic hydroxyl groups is 3. The zero-order valence-electron chi connectivity index (χ0n) is 23.3. The molecule has 0 aromatic carbocycles. The van der Waals surface area contributed by atoms with E-state index in [0.29, 0.717) is 24.0 Å². The smallest absolute Gasteiger partial charge is 0.330 e. The number of esters is 2. The van der Waals surface area contributed by atoms with E-state index in [1.165, 1.54) is 6.08 Å². The van der Waals surface area contributed by atoms with Crippen molar-refractivity contribution in [2.24, 2.45) is 29.1 Å². The Kier molecular flexibility index (Phi) is 7.34. The highest BCUT2D eigenvalue weighted by Gasteiger charge is 2.87. The second kappa shape index (κ2) is 9.72. The standard InChI is InChI=1S/C30H42O8/c1-7-9-11-22(32)37-26-18(4)29(36)20(24-27(5,6)30(24,26)38-23(33)12-10-8-2)14-19(16-31)15-28(35)21(29)13-17(3)25(28)34/h9,11,13-14,18,20-21,24,26,31,35-36H,7-8,10,12,15-16H2,1-6H3/b11-9+/t18-,20?,21?,24?,26-,28-,29-,30-/m1/s1. The molecule has 3 unspecified atom stereocenters. The number of carbonyl (C=O) groups excluding carboxylic acids is 3. The minimum absolute atomic E-state index is 0.119. The van der Waals surface area contributed by atoms with E-state index < -0.39 is 69.7 Å². The third-order valence-electron chi connectivity index (χ3n) is 9.71. The van der Waals surface area contributed by atoms with Gasteiger partial charge in [-0.05, 0) is 30.9 Å². The van der Waals surface area contributed by atoms with Gasteiger partial charge >= 0.3 is 11.9 Å². The molecule has 8 atom stereocenters. The SMILES string of the molecule is CC/C=C/C(=O)O[C@@H]1[C@@H](C)[C@@]2(O)C(C=C(CO)C[C@]3(O)C(=O)C(C)=CC23)C2C(C)(C)[C@@]21OC(=O)CCCC. The van der Waals surface area contributed by atoms with Crippen molar-refractivity contribution < 1.29 is 39.2 Å². The van der Waals surface area contributed by atoms with Gasteiger partial charge in [-0.25, -0.2) is 4.79 Å². The zero-order chi connectivity index (χ0) is 28.3. The average molecular weight is 531 g/mol. The van der Waals surface area contributed by atoms with Crippen LogP contribution in [-0.2, 0) is 23.9 Å². The molecule has 210 valence electrons. The number of aliphatic hydroxyl groups excluding tert-OH is 1. The van der Waals surface area contributed by atoms with Gasteiger partial charge < -0.3 is 24.8 Å². The van der Waals surface area contributed by atoms with Gasteiger partial charge in [-0.1, -0.05) is 59.3 Å². The molecule has 0 radical (unpaired) electrons. The molecule has 4 rings (SSSR count). The van der Waals surface area contributed by atoms with Gasteiger partial charge in [-0.15, -0.1) is 0 Å². The van der Waals surface area contributed by atoms with Crippen molar-refractivity contribution >= 4 is 17.7 Å². The number of Topliss-reactive ketones (excluding diaryl/α,β-unsaturated/α-hetero) is 1. The van der Waals surface area contributed by atoms with E-state index in [2.05, 4.69) is 0 Å². The van der Waals surface area contributed by atoms with Crippen molar-refractivity contribution in [1.29, 1.82) is 0 Å². The highest BCUT2D eigenvalue weighted by molar-refractivity contribution is 6.04. The molecular weight excluding hydrogens is 488 g/mol. The quantitative estimate of drug-likeness (QED) is 0.248. The normalized spacial score (nSPS) is 40.9. The zero-order valence-corrected chi connectivity index (χ0v) is 23.3. The van der Waals surface area contributed by atoms with Gasteiger partial charge in [0.1, 0.15) is 11.7 Å². The maximum atomic E-state index is 13.2.